The van der Waals surface area contributed by atoms with Crippen molar-refractivity contribution in [3.8, 4) is 0 Å². The Balaban J connectivity index is 0.00000264. The monoisotopic (exact) mass is 473 g/mol. The number of hydrogen-bond donors (Lipinski definition) is 2. The van der Waals surface area contributed by atoms with E-state index in [4.69, 9.17) is 4.74 Å². The Kier molecular flexibility index (Phi) is 10.7. The Morgan fingerprint density at radius 1 is 1.26 bits per heavy atom. The Morgan fingerprint density at radius 3 is 2.61 bits per heavy atom. The van der Waals surface area contributed by atoms with Crippen LogP contribution in [0.25, 0.3) is 0 Å². The van der Waals surface area contributed by atoms with Gasteiger partial charge in [-0.2, -0.15) is 23.5 Å². The highest BCUT2D eigenvalue weighted by Crippen LogP contribution is 2.33. The maximum atomic E-state index is 5.52. The zero-order valence-corrected chi connectivity index (χ0v) is 18.6. The molecule has 0 aromatic rings. The van der Waals surface area contributed by atoms with E-state index in [1.165, 1.54) is 25.7 Å². The molecule has 2 atom stereocenters. The number of nitrogens with one attached hydrogen (secondary N) is 2. The Bertz CT molecular complexity index is 365. The summed E-state index contributed by atoms with van der Waals surface area (Å²) in [6, 6.07) is 0.567. The van der Waals surface area contributed by atoms with Crippen LogP contribution in [-0.2, 0) is 4.74 Å². The van der Waals surface area contributed by atoms with Gasteiger partial charge in [-0.1, -0.05) is 6.42 Å². The van der Waals surface area contributed by atoms with E-state index in [-0.39, 0.29) is 24.0 Å². The Hall–Kier alpha value is 0.660. The summed E-state index contributed by atoms with van der Waals surface area (Å²) in [7, 11) is 1.87. The SMILES string of the molecule is CN=C(NCC1(SC)CCOCC1)NC1CCCC(SC)C1.I. The van der Waals surface area contributed by atoms with Gasteiger partial charge in [0.1, 0.15) is 0 Å². The van der Waals surface area contributed by atoms with Crippen LogP contribution in [0.3, 0.4) is 0 Å². The van der Waals surface area contributed by atoms with Crippen LogP contribution in [0.4, 0.5) is 0 Å². The molecule has 1 saturated carbocycles. The third-order valence-corrected chi connectivity index (χ3v) is 7.45. The second kappa shape index (κ2) is 11.3. The summed E-state index contributed by atoms with van der Waals surface area (Å²) in [4.78, 5) is 4.43. The molecule has 23 heavy (non-hydrogen) atoms. The molecule has 136 valence electrons. The minimum absolute atomic E-state index is 0. The lowest BCUT2D eigenvalue weighted by Gasteiger charge is -2.36. The van der Waals surface area contributed by atoms with Crippen molar-refractivity contribution in [1.29, 1.82) is 0 Å². The molecule has 4 nitrogen and oxygen atoms in total. The highest BCUT2D eigenvalue weighted by Gasteiger charge is 2.32. The highest BCUT2D eigenvalue weighted by molar-refractivity contribution is 14.0. The number of guanidine groups is 1. The van der Waals surface area contributed by atoms with Crippen LogP contribution in [0.2, 0.25) is 0 Å². The smallest absolute Gasteiger partial charge is 0.191 e. The zero-order chi connectivity index (χ0) is 15.8. The van der Waals surface area contributed by atoms with Crippen LogP contribution >= 0.6 is 47.5 Å². The van der Waals surface area contributed by atoms with Gasteiger partial charge in [-0.15, -0.1) is 24.0 Å². The summed E-state index contributed by atoms with van der Waals surface area (Å²) in [6.07, 6.45) is 11.9. The van der Waals surface area contributed by atoms with Gasteiger partial charge in [0.25, 0.3) is 0 Å². The Labute approximate surface area is 167 Å². The van der Waals surface area contributed by atoms with E-state index in [9.17, 15) is 0 Å². The van der Waals surface area contributed by atoms with Gasteiger partial charge < -0.3 is 15.4 Å². The molecule has 7 heteroatoms. The third kappa shape index (κ3) is 6.82. The fraction of sp³-hybridized carbons (Fsp3) is 0.938. The summed E-state index contributed by atoms with van der Waals surface area (Å²) in [6.45, 7) is 2.73. The molecule has 0 amide bonds. The number of rotatable bonds is 5. The molecule has 1 saturated heterocycles. The number of halogens is 1. The molecule has 0 bridgehead atoms. The first kappa shape index (κ1) is 21.7. The number of aliphatic imine (C=N–C) groups is 1. The van der Waals surface area contributed by atoms with E-state index in [1.807, 2.05) is 30.6 Å². The van der Waals surface area contributed by atoms with Crippen molar-refractivity contribution in [3.05, 3.63) is 0 Å². The standard InChI is InChI=1S/C16H31N3OS2.HI/c1-17-15(19-13-5-4-6-14(11-13)21-2)18-12-16(22-3)7-9-20-10-8-16;/h13-14H,4-12H2,1-3H3,(H2,17,18,19);1H. The number of nitrogens with zero attached hydrogens (tertiary/aromatic N) is 1. The van der Waals surface area contributed by atoms with Gasteiger partial charge in [0, 0.05) is 42.8 Å². The van der Waals surface area contributed by atoms with Gasteiger partial charge in [-0.3, -0.25) is 4.99 Å². The summed E-state index contributed by atoms with van der Waals surface area (Å²) in [5, 5.41) is 8.01. The highest BCUT2D eigenvalue weighted by atomic mass is 127. The lowest BCUT2D eigenvalue weighted by molar-refractivity contribution is 0.0782. The van der Waals surface area contributed by atoms with Gasteiger partial charge in [0.15, 0.2) is 5.96 Å². The Morgan fingerprint density at radius 2 is 2.00 bits per heavy atom. The summed E-state index contributed by atoms with van der Waals surface area (Å²) in [5.41, 5.74) is 0. The van der Waals surface area contributed by atoms with Crippen LogP contribution in [0, 0.1) is 0 Å². The van der Waals surface area contributed by atoms with Crippen molar-refractivity contribution in [2.45, 2.75) is 54.6 Å². The van der Waals surface area contributed by atoms with Gasteiger partial charge in [0.05, 0.1) is 0 Å². The summed E-state index contributed by atoms with van der Waals surface area (Å²) >= 11 is 3.97. The van der Waals surface area contributed by atoms with Gasteiger partial charge in [-0.05, 0) is 44.6 Å². The number of ether oxygens (including phenoxy) is 1. The molecule has 0 aromatic carbocycles. The van der Waals surface area contributed by atoms with Crippen molar-refractivity contribution >= 4 is 53.5 Å². The quantitative estimate of drug-likeness (QED) is 0.364. The third-order valence-electron chi connectivity index (χ3n) is 4.94. The second-order valence-corrected chi connectivity index (χ2v) is 8.70. The van der Waals surface area contributed by atoms with Crippen LogP contribution < -0.4 is 10.6 Å². The van der Waals surface area contributed by atoms with Crippen LogP contribution in [0.15, 0.2) is 4.99 Å². The largest absolute Gasteiger partial charge is 0.381 e. The first-order valence-corrected chi connectivity index (χ1v) is 10.9. The van der Waals surface area contributed by atoms with Gasteiger partial charge in [-0.25, -0.2) is 0 Å². The predicted molar refractivity (Wildman–Crippen MR) is 116 cm³/mol. The molecule has 2 aliphatic rings. The van der Waals surface area contributed by atoms with Crippen molar-refractivity contribution in [3.63, 3.8) is 0 Å². The molecule has 0 radical (unpaired) electrons. The second-order valence-electron chi connectivity index (χ2n) is 6.29. The molecule has 2 N–H and O–H groups in total. The minimum Gasteiger partial charge on any atom is -0.381 e. The van der Waals surface area contributed by atoms with E-state index in [2.05, 4.69) is 28.1 Å². The summed E-state index contributed by atoms with van der Waals surface area (Å²) in [5.74, 6) is 0.965. The fourth-order valence-electron chi connectivity index (χ4n) is 3.32. The lowest BCUT2D eigenvalue weighted by atomic mass is 9.95. The summed E-state index contributed by atoms with van der Waals surface area (Å²) < 4.78 is 5.81. The van der Waals surface area contributed by atoms with Gasteiger partial charge in [0.2, 0.25) is 0 Å². The van der Waals surface area contributed by atoms with Gasteiger partial charge >= 0.3 is 0 Å². The maximum absolute atomic E-state index is 5.52. The van der Waals surface area contributed by atoms with Crippen molar-refractivity contribution in [2.75, 3.05) is 39.3 Å². The van der Waals surface area contributed by atoms with Crippen LogP contribution in [0.1, 0.15) is 38.5 Å². The molecular formula is C16H32IN3OS2. The molecule has 1 aliphatic heterocycles. The van der Waals surface area contributed by atoms with E-state index in [0.29, 0.717) is 10.8 Å². The molecular weight excluding hydrogens is 441 g/mol. The van der Waals surface area contributed by atoms with E-state index >= 15 is 0 Å². The molecule has 2 unspecified atom stereocenters. The topological polar surface area (TPSA) is 45.7 Å². The normalized spacial score (nSPS) is 27.9. The number of hydrogen-bond acceptors (Lipinski definition) is 4. The molecule has 1 aliphatic carbocycles. The lowest BCUT2D eigenvalue weighted by Crippen LogP contribution is -2.51. The van der Waals surface area contributed by atoms with Crippen molar-refractivity contribution in [2.24, 2.45) is 4.99 Å². The average Bonchev–Trinajstić information content (AvgIpc) is 2.59. The van der Waals surface area contributed by atoms with E-state index in [1.54, 1.807) is 0 Å². The predicted octanol–water partition coefficient (Wildman–Crippen LogP) is 3.36. The van der Waals surface area contributed by atoms with Crippen molar-refractivity contribution in [1.82, 2.24) is 10.6 Å². The molecule has 0 aromatic heterocycles. The van der Waals surface area contributed by atoms with Crippen LogP contribution in [-0.4, -0.2) is 61.3 Å². The average molecular weight is 473 g/mol. The molecule has 0 spiro atoms. The molecule has 1 heterocycles. The van der Waals surface area contributed by atoms with Crippen molar-refractivity contribution < 1.29 is 4.74 Å². The first-order valence-electron chi connectivity index (χ1n) is 8.34. The fourth-order valence-corrected chi connectivity index (χ4v) is 4.94. The zero-order valence-electron chi connectivity index (χ0n) is 14.6. The maximum Gasteiger partial charge on any atom is 0.191 e. The van der Waals surface area contributed by atoms with E-state index < -0.39 is 0 Å². The molecule has 2 rings (SSSR count). The number of thioether (sulfide) groups is 2. The van der Waals surface area contributed by atoms with Crippen LogP contribution in [0.5, 0.6) is 0 Å². The van der Waals surface area contributed by atoms with E-state index in [0.717, 1.165) is 43.8 Å². The molecule has 2 fully saturated rings. The minimum atomic E-state index is 0. The first-order chi connectivity index (χ1) is 10.7.